The number of nitrogens with zero attached hydrogens (tertiary/aromatic N) is 5. The van der Waals surface area contributed by atoms with E-state index in [1.807, 2.05) is 0 Å². The monoisotopic (exact) mass is 980 g/mol. The summed E-state index contributed by atoms with van der Waals surface area (Å²) < 4.78 is 4.84. The Labute approximate surface area is 419 Å². The van der Waals surface area contributed by atoms with E-state index >= 15 is 0 Å². The van der Waals surface area contributed by atoms with Gasteiger partial charge in [-0.05, 0) is 49.2 Å². The Hall–Kier alpha value is -2.09. The van der Waals surface area contributed by atoms with Gasteiger partial charge >= 0.3 is 16.8 Å². The van der Waals surface area contributed by atoms with E-state index in [1.54, 1.807) is 0 Å². The van der Waals surface area contributed by atoms with Gasteiger partial charge in [-0.3, -0.25) is 0 Å². The minimum absolute atomic E-state index is 0. The maximum absolute atomic E-state index is 5.31. The quantitative estimate of drug-likeness (QED) is 0.0378. The molecule has 0 aliphatic carbocycles. The van der Waals surface area contributed by atoms with Crippen LogP contribution in [0.2, 0.25) is 0 Å². The summed E-state index contributed by atoms with van der Waals surface area (Å²) in [6.45, 7) is 6.55. The normalized spacial score (nSPS) is 11.0. The van der Waals surface area contributed by atoms with Crippen LogP contribution in [0, 0.1) is 0 Å². The van der Waals surface area contributed by atoms with E-state index in [0.717, 1.165) is 47.2 Å². The summed E-state index contributed by atoms with van der Waals surface area (Å²) >= 11 is 0. The molecule has 360 valence electrons. The molecule has 5 nitrogen and oxygen atoms in total. The third-order valence-corrected chi connectivity index (χ3v) is 13.0. The third kappa shape index (κ3) is 21.7. The fraction of sp³-hybridized carbons (Fsp3) is 0.655. The van der Waals surface area contributed by atoms with Crippen molar-refractivity contribution in [3.8, 4) is 23.0 Å². The molecule has 5 aromatic rings. The van der Waals surface area contributed by atoms with Crippen molar-refractivity contribution >= 4 is 22.1 Å². The third-order valence-electron chi connectivity index (χ3n) is 13.0. The van der Waals surface area contributed by atoms with Crippen molar-refractivity contribution in [3.05, 3.63) is 66.7 Å². The number of aromatic nitrogens is 5. The number of halogens is 3. The molecule has 0 aliphatic rings. The molecule has 0 radical (unpaired) electrons. The van der Waals surface area contributed by atoms with Gasteiger partial charge in [-0.15, -0.1) is 0 Å². The second-order valence-corrected chi connectivity index (χ2v) is 18.2. The van der Waals surface area contributed by atoms with Crippen LogP contribution in [0.15, 0.2) is 66.7 Å². The molecule has 0 spiro atoms. The van der Waals surface area contributed by atoms with E-state index in [2.05, 4.69) is 89.7 Å². The summed E-state index contributed by atoms with van der Waals surface area (Å²) in [6, 6.07) is 23.6. The van der Waals surface area contributed by atoms with Crippen molar-refractivity contribution in [1.82, 2.24) is 24.1 Å². The van der Waals surface area contributed by atoms with E-state index in [-0.39, 0.29) is 54.0 Å². The Balaban J connectivity index is 0.00000512. The largest absolute Gasteiger partial charge is 3.00 e. The maximum atomic E-state index is 5.31. The second-order valence-electron chi connectivity index (χ2n) is 18.2. The number of fused-ring (bicyclic) bond motifs is 2. The van der Waals surface area contributed by atoms with Crippen LogP contribution in [0.4, 0.5) is 0 Å². The number of para-hydroxylation sites is 4. The molecular weight excluding hydrogens is 896 g/mol. The second kappa shape index (κ2) is 37.9. The van der Waals surface area contributed by atoms with E-state index in [1.165, 1.54) is 216 Å². The maximum Gasteiger partial charge on any atom is 3.00 e. The van der Waals surface area contributed by atoms with Gasteiger partial charge in [-0.2, -0.15) is 0 Å². The molecule has 2 aromatic carbocycles. The average molecular weight is 982 g/mol. The first kappa shape index (κ1) is 59.9. The van der Waals surface area contributed by atoms with Gasteiger partial charge in [0.1, 0.15) is 11.4 Å². The van der Waals surface area contributed by atoms with Gasteiger partial charge in [-0.25, -0.2) is 15.0 Å². The Morgan fingerprint density at radius 2 is 0.578 bits per heavy atom. The number of imidazole rings is 2. The van der Waals surface area contributed by atoms with Crippen LogP contribution in [-0.2, 0) is 29.9 Å². The SMILES string of the molecule is CCCCCCCCCCCCCCCCCCn1c(-c2cccc(-c3nc4ccccc4n3CCCCCCCCCCCCCCCCCC)n2)nc2ccccc21.[Cl-].[Cl-].[Cl-].[Co+3]. The summed E-state index contributed by atoms with van der Waals surface area (Å²) in [5.41, 5.74) is 6.37. The van der Waals surface area contributed by atoms with E-state index < -0.39 is 0 Å². The molecule has 0 saturated carbocycles. The fourth-order valence-corrected chi connectivity index (χ4v) is 9.31. The minimum atomic E-state index is 0. The summed E-state index contributed by atoms with van der Waals surface area (Å²) in [7, 11) is 0. The van der Waals surface area contributed by atoms with Crippen molar-refractivity contribution in [1.29, 1.82) is 0 Å². The average Bonchev–Trinajstić information content (AvgIpc) is 3.84. The zero-order chi connectivity index (χ0) is 41.7. The van der Waals surface area contributed by atoms with Gasteiger partial charge < -0.3 is 46.4 Å². The molecule has 5 rings (SSSR count). The van der Waals surface area contributed by atoms with Crippen LogP contribution in [0.5, 0.6) is 0 Å². The standard InChI is InChI=1S/C55H85N5.3ClH.Co/c1-3-5-7-9-11-13-15-17-19-21-23-25-27-29-31-37-46-59-52-44-35-33-40-48(52)57-54(59)50-42-39-43-51(56-50)55-58-49-41-34-36-45-53(49)60(55)47-38-32-30-28-26-24-22-20-18-16-14-12-10-8-6-4-2;;;;/h33-36,39-45H,3-32,37-38,46-47H2,1-2H3;3*1H;/q;;;;+3/p-3. The van der Waals surface area contributed by atoms with Crippen molar-refractivity contribution in [2.24, 2.45) is 0 Å². The van der Waals surface area contributed by atoms with Crippen LogP contribution in [-0.4, -0.2) is 24.1 Å². The Morgan fingerprint density at radius 1 is 0.312 bits per heavy atom. The van der Waals surface area contributed by atoms with Crippen molar-refractivity contribution < 1.29 is 54.0 Å². The summed E-state index contributed by atoms with van der Waals surface area (Å²) in [4.78, 5) is 15.7. The predicted molar refractivity (Wildman–Crippen MR) is 261 cm³/mol. The van der Waals surface area contributed by atoms with Crippen LogP contribution in [0.3, 0.4) is 0 Å². The fourth-order valence-electron chi connectivity index (χ4n) is 9.31. The summed E-state index contributed by atoms with van der Waals surface area (Å²) in [5, 5.41) is 0. The smallest absolute Gasteiger partial charge is 1.00 e. The zero-order valence-corrected chi connectivity index (χ0v) is 43.4. The molecular formula is C55H85Cl3CoN5. The summed E-state index contributed by atoms with van der Waals surface area (Å²) in [5.74, 6) is 1.94. The number of benzene rings is 2. The molecule has 0 amide bonds. The molecule has 0 aliphatic heterocycles. The van der Waals surface area contributed by atoms with Crippen LogP contribution < -0.4 is 37.2 Å². The van der Waals surface area contributed by atoms with Gasteiger partial charge in [0.15, 0.2) is 11.6 Å². The number of pyridine rings is 1. The molecule has 0 saturated heterocycles. The number of aryl methyl sites for hydroxylation is 2. The predicted octanol–water partition coefficient (Wildman–Crippen LogP) is 8.65. The first-order valence-electron chi connectivity index (χ1n) is 25.7. The van der Waals surface area contributed by atoms with Crippen LogP contribution >= 0.6 is 0 Å². The Morgan fingerprint density at radius 3 is 0.875 bits per heavy atom. The molecule has 0 fully saturated rings. The van der Waals surface area contributed by atoms with Crippen molar-refractivity contribution in [2.75, 3.05) is 0 Å². The van der Waals surface area contributed by atoms with Crippen LogP contribution in [0.1, 0.15) is 219 Å². The van der Waals surface area contributed by atoms with Gasteiger partial charge in [0.25, 0.3) is 0 Å². The molecule has 64 heavy (non-hydrogen) atoms. The van der Waals surface area contributed by atoms with Crippen molar-refractivity contribution in [2.45, 2.75) is 232 Å². The first-order valence-corrected chi connectivity index (χ1v) is 25.7. The van der Waals surface area contributed by atoms with Gasteiger partial charge in [0.05, 0.1) is 22.1 Å². The molecule has 9 heteroatoms. The Kier molecular flexibility index (Phi) is 35.5. The molecule has 0 unspecified atom stereocenters. The molecule has 0 atom stereocenters. The number of rotatable bonds is 36. The number of hydrogen-bond acceptors (Lipinski definition) is 3. The molecule has 3 aromatic heterocycles. The first-order chi connectivity index (χ1) is 29.8. The van der Waals surface area contributed by atoms with E-state index in [0.29, 0.717) is 0 Å². The molecule has 3 heterocycles. The van der Waals surface area contributed by atoms with E-state index in [4.69, 9.17) is 15.0 Å². The minimum Gasteiger partial charge on any atom is -1.00 e. The van der Waals surface area contributed by atoms with Gasteiger partial charge in [0.2, 0.25) is 0 Å². The van der Waals surface area contributed by atoms with Gasteiger partial charge in [0, 0.05) is 13.1 Å². The number of unbranched alkanes of at least 4 members (excludes halogenated alkanes) is 30. The van der Waals surface area contributed by atoms with E-state index in [9.17, 15) is 0 Å². The van der Waals surface area contributed by atoms with Crippen molar-refractivity contribution in [3.63, 3.8) is 0 Å². The topological polar surface area (TPSA) is 48.5 Å². The Bertz CT molecular complexity index is 1730. The molecule has 0 bridgehead atoms. The zero-order valence-electron chi connectivity index (χ0n) is 40.1. The van der Waals surface area contributed by atoms with Gasteiger partial charge in [-0.1, -0.05) is 237 Å². The summed E-state index contributed by atoms with van der Waals surface area (Å²) in [6.07, 6.45) is 44.3. The van der Waals surface area contributed by atoms with Crippen LogP contribution in [0.25, 0.3) is 45.1 Å². The molecule has 0 N–H and O–H groups in total. The number of hydrogen-bond donors (Lipinski definition) is 0.